The Morgan fingerprint density at radius 3 is 1.94 bits per heavy atom. The van der Waals surface area contributed by atoms with Crippen molar-refractivity contribution in [3.63, 3.8) is 0 Å². The van der Waals surface area contributed by atoms with E-state index in [2.05, 4.69) is 52.2 Å². The molecule has 0 aromatic rings. The van der Waals surface area contributed by atoms with Crippen molar-refractivity contribution >= 4 is 0 Å². The fraction of sp³-hybridized carbons (Fsp3) is 1.00. The highest BCUT2D eigenvalue weighted by Gasteiger charge is 2.18. The SMILES string of the molecule is CC(C)CNCCNCCC(C)C(C)(C)C. The molecule has 0 aliphatic carbocycles. The van der Waals surface area contributed by atoms with Crippen molar-refractivity contribution in [3.05, 3.63) is 0 Å². The predicted molar refractivity (Wildman–Crippen MR) is 73.8 cm³/mol. The van der Waals surface area contributed by atoms with Crippen LogP contribution in [0.25, 0.3) is 0 Å². The van der Waals surface area contributed by atoms with Crippen LogP contribution in [0, 0.1) is 17.3 Å². The zero-order valence-electron chi connectivity index (χ0n) is 12.2. The Kier molecular flexibility index (Phi) is 8.04. The van der Waals surface area contributed by atoms with Crippen LogP contribution in [0.15, 0.2) is 0 Å². The smallest absolute Gasteiger partial charge is 0.00768 e. The zero-order chi connectivity index (χ0) is 12.6. The van der Waals surface area contributed by atoms with Gasteiger partial charge in [-0.3, -0.25) is 0 Å². The lowest BCUT2D eigenvalue weighted by atomic mass is 9.80. The topological polar surface area (TPSA) is 24.1 Å². The molecule has 0 aromatic carbocycles. The first-order valence-corrected chi connectivity index (χ1v) is 6.75. The standard InChI is InChI=1S/C14H32N2/c1-12(2)11-16-10-9-15-8-7-13(3)14(4,5)6/h12-13,15-16H,7-11H2,1-6H3. The zero-order valence-corrected chi connectivity index (χ0v) is 12.2. The van der Waals surface area contributed by atoms with Crippen LogP contribution in [0.2, 0.25) is 0 Å². The molecule has 0 saturated heterocycles. The van der Waals surface area contributed by atoms with E-state index in [-0.39, 0.29) is 0 Å². The molecule has 2 nitrogen and oxygen atoms in total. The second-order valence-electron chi connectivity index (χ2n) is 6.40. The molecule has 98 valence electrons. The third-order valence-electron chi connectivity index (χ3n) is 3.26. The molecule has 0 radical (unpaired) electrons. The molecule has 1 atom stereocenters. The van der Waals surface area contributed by atoms with Crippen LogP contribution in [0.5, 0.6) is 0 Å². The van der Waals surface area contributed by atoms with Crippen LogP contribution in [0.4, 0.5) is 0 Å². The summed E-state index contributed by atoms with van der Waals surface area (Å²) < 4.78 is 0. The van der Waals surface area contributed by atoms with Crippen LogP contribution >= 0.6 is 0 Å². The van der Waals surface area contributed by atoms with Crippen LogP contribution < -0.4 is 10.6 Å². The molecule has 0 rings (SSSR count). The summed E-state index contributed by atoms with van der Waals surface area (Å²) in [6, 6.07) is 0. The molecule has 0 bridgehead atoms. The van der Waals surface area contributed by atoms with Gasteiger partial charge in [0.2, 0.25) is 0 Å². The second kappa shape index (κ2) is 8.08. The number of hydrogen-bond donors (Lipinski definition) is 2. The van der Waals surface area contributed by atoms with Gasteiger partial charge < -0.3 is 10.6 Å². The van der Waals surface area contributed by atoms with E-state index in [0.29, 0.717) is 5.41 Å². The lowest BCUT2D eigenvalue weighted by Crippen LogP contribution is -2.31. The van der Waals surface area contributed by atoms with Gasteiger partial charge in [-0.25, -0.2) is 0 Å². The van der Waals surface area contributed by atoms with Crippen molar-refractivity contribution in [2.75, 3.05) is 26.2 Å². The van der Waals surface area contributed by atoms with E-state index in [9.17, 15) is 0 Å². The summed E-state index contributed by atoms with van der Waals surface area (Å²) in [6.45, 7) is 18.2. The minimum Gasteiger partial charge on any atom is -0.315 e. The Labute approximate surface area is 103 Å². The molecule has 0 saturated carbocycles. The normalized spacial score (nSPS) is 14.4. The lowest BCUT2D eigenvalue weighted by Gasteiger charge is -2.27. The molecular formula is C14H32N2. The molecule has 0 spiro atoms. The van der Waals surface area contributed by atoms with Gasteiger partial charge in [0.25, 0.3) is 0 Å². The molecule has 0 fully saturated rings. The van der Waals surface area contributed by atoms with E-state index in [1.165, 1.54) is 6.42 Å². The Morgan fingerprint density at radius 2 is 1.44 bits per heavy atom. The highest BCUT2D eigenvalue weighted by molar-refractivity contribution is 4.70. The number of nitrogens with one attached hydrogen (secondary N) is 2. The van der Waals surface area contributed by atoms with Gasteiger partial charge in [-0.05, 0) is 36.8 Å². The van der Waals surface area contributed by atoms with Crippen LogP contribution in [0.3, 0.4) is 0 Å². The van der Waals surface area contributed by atoms with E-state index in [0.717, 1.165) is 38.0 Å². The molecule has 0 aliphatic heterocycles. The average molecular weight is 228 g/mol. The summed E-state index contributed by atoms with van der Waals surface area (Å²) in [7, 11) is 0. The molecular weight excluding hydrogens is 196 g/mol. The number of hydrogen-bond acceptors (Lipinski definition) is 2. The molecule has 2 heteroatoms. The first-order chi connectivity index (χ1) is 7.34. The first-order valence-electron chi connectivity index (χ1n) is 6.75. The van der Waals surface area contributed by atoms with E-state index in [4.69, 9.17) is 0 Å². The van der Waals surface area contributed by atoms with Crippen molar-refractivity contribution in [1.29, 1.82) is 0 Å². The maximum atomic E-state index is 3.50. The summed E-state index contributed by atoms with van der Waals surface area (Å²) >= 11 is 0. The molecule has 2 N–H and O–H groups in total. The molecule has 0 heterocycles. The van der Waals surface area contributed by atoms with Gasteiger partial charge in [0.05, 0.1) is 0 Å². The summed E-state index contributed by atoms with van der Waals surface area (Å²) in [5.74, 6) is 1.53. The summed E-state index contributed by atoms with van der Waals surface area (Å²) in [5, 5.41) is 6.94. The maximum absolute atomic E-state index is 3.50. The summed E-state index contributed by atoms with van der Waals surface area (Å²) in [5.41, 5.74) is 0.442. The van der Waals surface area contributed by atoms with Crippen molar-refractivity contribution in [3.8, 4) is 0 Å². The summed E-state index contributed by atoms with van der Waals surface area (Å²) in [4.78, 5) is 0. The van der Waals surface area contributed by atoms with Gasteiger partial charge in [0.15, 0.2) is 0 Å². The molecule has 0 amide bonds. The largest absolute Gasteiger partial charge is 0.315 e. The minimum atomic E-state index is 0.442. The van der Waals surface area contributed by atoms with E-state index < -0.39 is 0 Å². The van der Waals surface area contributed by atoms with Crippen molar-refractivity contribution < 1.29 is 0 Å². The van der Waals surface area contributed by atoms with E-state index in [1.54, 1.807) is 0 Å². The van der Waals surface area contributed by atoms with Crippen LogP contribution in [0.1, 0.15) is 48.0 Å². The molecule has 0 aromatic heterocycles. The van der Waals surface area contributed by atoms with E-state index in [1.807, 2.05) is 0 Å². The average Bonchev–Trinajstić information content (AvgIpc) is 2.14. The molecule has 0 aliphatic rings. The van der Waals surface area contributed by atoms with Gasteiger partial charge in [-0.2, -0.15) is 0 Å². The van der Waals surface area contributed by atoms with Crippen molar-refractivity contribution in [2.24, 2.45) is 17.3 Å². The Morgan fingerprint density at radius 1 is 0.875 bits per heavy atom. The number of rotatable bonds is 8. The fourth-order valence-electron chi connectivity index (χ4n) is 1.44. The Balaban J connectivity index is 3.28. The van der Waals surface area contributed by atoms with Gasteiger partial charge in [0.1, 0.15) is 0 Å². The second-order valence-corrected chi connectivity index (χ2v) is 6.40. The Hall–Kier alpha value is -0.0800. The van der Waals surface area contributed by atoms with Gasteiger partial charge in [-0.15, -0.1) is 0 Å². The monoisotopic (exact) mass is 228 g/mol. The third-order valence-corrected chi connectivity index (χ3v) is 3.26. The molecule has 1 unspecified atom stereocenters. The van der Waals surface area contributed by atoms with Crippen molar-refractivity contribution in [2.45, 2.75) is 48.0 Å². The van der Waals surface area contributed by atoms with Gasteiger partial charge in [0, 0.05) is 13.1 Å². The van der Waals surface area contributed by atoms with E-state index >= 15 is 0 Å². The third kappa shape index (κ3) is 9.17. The van der Waals surface area contributed by atoms with Gasteiger partial charge >= 0.3 is 0 Å². The van der Waals surface area contributed by atoms with Crippen LogP contribution in [-0.4, -0.2) is 26.2 Å². The van der Waals surface area contributed by atoms with Crippen molar-refractivity contribution in [1.82, 2.24) is 10.6 Å². The van der Waals surface area contributed by atoms with Gasteiger partial charge in [-0.1, -0.05) is 41.5 Å². The maximum Gasteiger partial charge on any atom is 0.00768 e. The lowest BCUT2D eigenvalue weighted by molar-refractivity contribution is 0.245. The first kappa shape index (κ1) is 15.9. The van der Waals surface area contributed by atoms with Crippen LogP contribution in [-0.2, 0) is 0 Å². The molecule has 16 heavy (non-hydrogen) atoms. The highest BCUT2D eigenvalue weighted by Crippen LogP contribution is 2.27. The summed E-state index contributed by atoms with van der Waals surface area (Å²) in [6.07, 6.45) is 1.27. The highest BCUT2D eigenvalue weighted by atomic mass is 14.9. The quantitative estimate of drug-likeness (QED) is 0.624. The Bertz CT molecular complexity index is 159. The predicted octanol–water partition coefficient (Wildman–Crippen LogP) is 2.89. The fourth-order valence-corrected chi connectivity index (χ4v) is 1.44. The minimum absolute atomic E-state index is 0.442.